The molecule has 0 spiro atoms. The Labute approximate surface area is 215 Å². The largest absolute Gasteiger partial charge is 0.496 e. The molecule has 2 aliphatic heterocycles. The van der Waals surface area contributed by atoms with Crippen molar-refractivity contribution in [3.05, 3.63) is 77.4 Å². The maximum Gasteiger partial charge on any atom is 0.279 e. The zero-order valence-corrected chi connectivity index (χ0v) is 20.9. The molecule has 9 heteroatoms. The van der Waals surface area contributed by atoms with E-state index in [1.807, 2.05) is 48.5 Å². The van der Waals surface area contributed by atoms with Crippen LogP contribution < -0.4 is 15.0 Å². The van der Waals surface area contributed by atoms with E-state index in [1.165, 1.54) is 6.33 Å². The van der Waals surface area contributed by atoms with Crippen LogP contribution in [0.2, 0.25) is 0 Å². The lowest BCUT2D eigenvalue weighted by Gasteiger charge is -2.44. The Kier molecular flexibility index (Phi) is 5.51. The van der Waals surface area contributed by atoms with Gasteiger partial charge < -0.3 is 24.4 Å². The molecule has 9 nitrogen and oxygen atoms in total. The number of para-hydroxylation sites is 2. The second-order valence-electron chi connectivity index (χ2n) is 10.1. The average molecular weight is 500 g/mol. The summed E-state index contributed by atoms with van der Waals surface area (Å²) < 4.78 is 7.07. The van der Waals surface area contributed by atoms with Gasteiger partial charge in [-0.1, -0.05) is 36.4 Å². The molecule has 2 aromatic carbocycles. The van der Waals surface area contributed by atoms with Crippen molar-refractivity contribution in [2.24, 2.45) is 0 Å². The van der Waals surface area contributed by atoms with Crippen LogP contribution in [0.15, 0.2) is 54.9 Å². The highest BCUT2D eigenvalue weighted by molar-refractivity contribution is 6.13. The summed E-state index contributed by atoms with van der Waals surface area (Å²) in [5.74, 6) is -0.168. The first kappa shape index (κ1) is 23.3. The van der Waals surface area contributed by atoms with Gasteiger partial charge in [-0.15, -0.1) is 0 Å². The van der Waals surface area contributed by atoms with E-state index in [4.69, 9.17) is 4.74 Å². The van der Waals surface area contributed by atoms with E-state index in [9.17, 15) is 14.4 Å². The van der Waals surface area contributed by atoms with Gasteiger partial charge in [0.2, 0.25) is 5.91 Å². The van der Waals surface area contributed by atoms with Gasteiger partial charge in [-0.05, 0) is 43.9 Å². The number of methoxy groups -OCH3 is 1. The van der Waals surface area contributed by atoms with Gasteiger partial charge in [-0.25, -0.2) is 4.98 Å². The number of benzene rings is 2. The van der Waals surface area contributed by atoms with Gasteiger partial charge in [0.25, 0.3) is 11.8 Å². The van der Waals surface area contributed by atoms with E-state index in [0.717, 1.165) is 36.1 Å². The molecular formula is C28H29N5O4. The van der Waals surface area contributed by atoms with E-state index in [-0.39, 0.29) is 48.2 Å². The molecule has 0 radical (unpaired) electrons. The predicted octanol–water partition coefficient (Wildman–Crippen LogP) is 2.79. The second-order valence-corrected chi connectivity index (χ2v) is 10.1. The van der Waals surface area contributed by atoms with Crippen molar-refractivity contribution in [2.45, 2.75) is 50.9 Å². The van der Waals surface area contributed by atoms with Gasteiger partial charge in [0, 0.05) is 30.4 Å². The van der Waals surface area contributed by atoms with Crippen LogP contribution in [-0.2, 0) is 24.3 Å². The summed E-state index contributed by atoms with van der Waals surface area (Å²) in [5, 5.41) is 3.01. The number of carbonyl (C=O) groups is 3. The monoisotopic (exact) mass is 499 g/mol. The Bertz CT molecular complexity index is 1410. The number of amides is 3. The molecule has 1 N–H and O–H groups in total. The maximum atomic E-state index is 13.9. The minimum absolute atomic E-state index is 0.0337. The normalized spacial score (nSPS) is 20.4. The summed E-state index contributed by atoms with van der Waals surface area (Å²) in [6.07, 6.45) is 3.94. The molecule has 0 bridgehead atoms. The molecule has 1 unspecified atom stereocenters. The Hall–Kier alpha value is -4.14. The van der Waals surface area contributed by atoms with Crippen molar-refractivity contribution in [1.82, 2.24) is 19.8 Å². The van der Waals surface area contributed by atoms with Crippen LogP contribution in [0.5, 0.6) is 5.75 Å². The van der Waals surface area contributed by atoms with Gasteiger partial charge in [-0.3, -0.25) is 14.4 Å². The van der Waals surface area contributed by atoms with Crippen molar-refractivity contribution in [2.75, 3.05) is 18.6 Å². The van der Waals surface area contributed by atoms with Crippen LogP contribution in [-0.4, -0.2) is 57.4 Å². The molecule has 1 aliphatic carbocycles. The first-order valence-electron chi connectivity index (χ1n) is 12.6. The van der Waals surface area contributed by atoms with Crippen LogP contribution in [0.25, 0.3) is 0 Å². The summed E-state index contributed by atoms with van der Waals surface area (Å²) in [4.78, 5) is 48.9. The number of hydrogen-bond donors (Lipinski definition) is 1. The highest BCUT2D eigenvalue weighted by atomic mass is 16.5. The third-order valence-corrected chi connectivity index (χ3v) is 7.64. The minimum atomic E-state index is -1.12. The van der Waals surface area contributed by atoms with E-state index in [1.54, 1.807) is 28.4 Å². The topological polar surface area (TPSA) is 96.8 Å². The molecule has 1 fully saturated rings. The number of aromatic nitrogens is 2. The molecular weight excluding hydrogens is 470 g/mol. The average Bonchev–Trinajstić information content (AvgIpc) is 3.49. The lowest BCUT2D eigenvalue weighted by molar-refractivity contribution is -0.133. The number of hydrogen-bond acceptors (Lipinski definition) is 5. The third kappa shape index (κ3) is 3.77. The van der Waals surface area contributed by atoms with Gasteiger partial charge in [0.1, 0.15) is 17.0 Å². The number of anilines is 1. The molecule has 3 heterocycles. The fourth-order valence-corrected chi connectivity index (χ4v) is 5.60. The molecule has 1 aromatic heterocycles. The lowest BCUT2D eigenvalue weighted by atomic mass is 9.93. The molecule has 0 saturated heterocycles. The van der Waals surface area contributed by atoms with Gasteiger partial charge >= 0.3 is 0 Å². The fraction of sp³-hybridized carbons (Fsp3) is 0.357. The lowest BCUT2D eigenvalue weighted by Crippen LogP contribution is -2.64. The Morgan fingerprint density at radius 3 is 2.68 bits per heavy atom. The smallest absolute Gasteiger partial charge is 0.279 e. The Morgan fingerprint density at radius 2 is 1.89 bits per heavy atom. The summed E-state index contributed by atoms with van der Waals surface area (Å²) in [7, 11) is 1.59. The molecule has 3 amide bonds. The third-order valence-electron chi connectivity index (χ3n) is 7.64. The Balaban J connectivity index is 1.29. The number of ether oxygens (including phenoxy) is 1. The highest BCUT2D eigenvalue weighted by Crippen LogP contribution is 2.39. The van der Waals surface area contributed by atoms with Crippen LogP contribution >= 0.6 is 0 Å². The quantitative estimate of drug-likeness (QED) is 0.563. The molecule has 1 saturated carbocycles. The van der Waals surface area contributed by atoms with Crippen molar-refractivity contribution in [3.8, 4) is 5.75 Å². The number of nitrogens with one attached hydrogen (secondary N) is 1. The van der Waals surface area contributed by atoms with Crippen molar-refractivity contribution in [1.29, 1.82) is 0 Å². The molecule has 6 rings (SSSR count). The second kappa shape index (κ2) is 8.76. The highest BCUT2D eigenvalue weighted by Gasteiger charge is 2.54. The summed E-state index contributed by atoms with van der Waals surface area (Å²) in [5.41, 5.74) is 2.10. The zero-order chi connectivity index (χ0) is 25.7. The number of rotatable bonds is 6. The van der Waals surface area contributed by atoms with Crippen molar-refractivity contribution < 1.29 is 19.1 Å². The molecule has 1 atom stereocenters. The van der Waals surface area contributed by atoms with Crippen LogP contribution in [0, 0.1) is 0 Å². The van der Waals surface area contributed by atoms with Crippen molar-refractivity contribution in [3.63, 3.8) is 0 Å². The van der Waals surface area contributed by atoms with Crippen molar-refractivity contribution >= 4 is 23.4 Å². The van der Waals surface area contributed by atoms with E-state index in [0.29, 0.717) is 12.3 Å². The SMILES string of the molecule is COc1ccccc1CNC(=O)C1(C)Cn2cnc(C(=O)N3CCc4ccccc43)c2C(=O)N1C1CC1. The maximum absolute atomic E-state index is 13.9. The van der Waals surface area contributed by atoms with Crippen LogP contribution in [0.1, 0.15) is 51.9 Å². The number of carbonyl (C=O) groups excluding carboxylic acids is 3. The van der Waals surface area contributed by atoms with Crippen LogP contribution in [0.3, 0.4) is 0 Å². The van der Waals surface area contributed by atoms with Gasteiger partial charge in [0.05, 0.1) is 20.0 Å². The predicted molar refractivity (Wildman–Crippen MR) is 136 cm³/mol. The molecule has 3 aromatic rings. The summed E-state index contributed by atoms with van der Waals surface area (Å²) in [6.45, 7) is 2.84. The first-order chi connectivity index (χ1) is 17.9. The zero-order valence-electron chi connectivity index (χ0n) is 20.9. The summed E-state index contributed by atoms with van der Waals surface area (Å²) >= 11 is 0. The molecule has 37 heavy (non-hydrogen) atoms. The standard InChI is InChI=1S/C28H29N5O4/c1-28(27(36)29-15-19-8-4-6-10-22(19)37-2)16-31-17-30-23(24(31)26(35)33(28)20-11-12-20)25(34)32-14-13-18-7-3-5-9-21(18)32/h3-10,17,20H,11-16H2,1-2H3,(H,29,36). The Morgan fingerprint density at radius 1 is 1.14 bits per heavy atom. The van der Waals surface area contributed by atoms with Crippen LogP contribution in [0.4, 0.5) is 5.69 Å². The van der Waals surface area contributed by atoms with E-state index < -0.39 is 5.54 Å². The molecule has 3 aliphatic rings. The number of fused-ring (bicyclic) bond motifs is 2. The van der Waals surface area contributed by atoms with E-state index in [2.05, 4.69) is 10.3 Å². The molecule has 190 valence electrons. The number of imidazole rings is 1. The fourth-order valence-electron chi connectivity index (χ4n) is 5.60. The first-order valence-corrected chi connectivity index (χ1v) is 12.6. The number of nitrogens with zero attached hydrogens (tertiary/aromatic N) is 4. The van der Waals surface area contributed by atoms with E-state index >= 15 is 0 Å². The summed E-state index contributed by atoms with van der Waals surface area (Å²) in [6, 6.07) is 15.3. The van der Waals surface area contributed by atoms with Gasteiger partial charge in [-0.2, -0.15) is 0 Å². The van der Waals surface area contributed by atoms with Gasteiger partial charge in [0.15, 0.2) is 5.69 Å². The minimum Gasteiger partial charge on any atom is -0.496 e.